The minimum absolute atomic E-state index is 0.0712. The number of sulfonamides is 1. The predicted molar refractivity (Wildman–Crippen MR) is 129 cm³/mol. The highest BCUT2D eigenvalue weighted by Gasteiger charge is 2.35. The number of fused-ring (bicyclic) bond motifs is 1. The summed E-state index contributed by atoms with van der Waals surface area (Å²) in [7, 11) is -4.64. The number of hydrogen-bond donors (Lipinski definition) is 1. The lowest BCUT2D eigenvalue weighted by atomic mass is 10.1. The molecule has 0 saturated heterocycles. The molecule has 0 radical (unpaired) electrons. The Kier molecular flexibility index (Phi) is 6.96. The van der Waals surface area contributed by atoms with E-state index in [1.165, 1.54) is 18.2 Å². The molecule has 1 N–H and O–H groups in total. The Hall–Kier alpha value is -3.21. The highest BCUT2D eigenvalue weighted by molar-refractivity contribution is 7.89. The van der Waals surface area contributed by atoms with Crippen molar-refractivity contribution in [1.82, 2.24) is 9.29 Å². The Balaban J connectivity index is 1.83. The second-order valence-corrected chi connectivity index (χ2v) is 10.6. The molecule has 0 atom stereocenters. The molecule has 0 aliphatic heterocycles. The molecule has 0 saturated carbocycles. The molecular formula is C25H19ClF4N2O3S. The molecule has 0 amide bonds. The van der Waals surface area contributed by atoms with Crippen molar-refractivity contribution in [2.45, 2.75) is 31.1 Å². The normalized spacial score (nSPS) is 12.4. The van der Waals surface area contributed by atoms with Gasteiger partial charge in [0.15, 0.2) is 0 Å². The number of aromatic amines is 1. The third kappa shape index (κ3) is 5.45. The fourth-order valence-corrected chi connectivity index (χ4v) is 5.62. The molecule has 0 aliphatic carbocycles. The van der Waals surface area contributed by atoms with Crippen LogP contribution in [0.3, 0.4) is 0 Å². The summed E-state index contributed by atoms with van der Waals surface area (Å²) in [6, 6.07) is 13.8. The van der Waals surface area contributed by atoms with Gasteiger partial charge in [-0.25, -0.2) is 12.8 Å². The van der Waals surface area contributed by atoms with Crippen LogP contribution < -0.4 is 5.56 Å². The van der Waals surface area contributed by atoms with Crippen molar-refractivity contribution in [2.24, 2.45) is 0 Å². The maximum absolute atomic E-state index is 13.6. The fraction of sp³-hybridized carbons (Fsp3) is 0.160. The van der Waals surface area contributed by atoms with Gasteiger partial charge in [0.05, 0.1) is 10.6 Å². The van der Waals surface area contributed by atoms with Crippen LogP contribution in [0.5, 0.6) is 0 Å². The second kappa shape index (κ2) is 9.68. The van der Waals surface area contributed by atoms with Crippen molar-refractivity contribution >= 4 is 32.5 Å². The Bertz CT molecular complexity index is 1600. The van der Waals surface area contributed by atoms with Gasteiger partial charge in [-0.2, -0.15) is 17.5 Å². The Morgan fingerprint density at radius 3 is 2.31 bits per heavy atom. The van der Waals surface area contributed by atoms with Crippen LogP contribution in [-0.2, 0) is 29.3 Å². The van der Waals surface area contributed by atoms with E-state index < -0.39 is 49.6 Å². The smallest absolute Gasteiger partial charge is 0.322 e. The summed E-state index contributed by atoms with van der Waals surface area (Å²) in [6.45, 7) is 1.04. The average molecular weight is 539 g/mol. The van der Waals surface area contributed by atoms with E-state index in [4.69, 9.17) is 11.6 Å². The van der Waals surface area contributed by atoms with E-state index in [1.807, 2.05) is 6.92 Å². The summed E-state index contributed by atoms with van der Waals surface area (Å²) in [5.41, 5.74) is 0.139. The standard InChI is InChI=1S/C25H19ClF4N2O3S/c1-15-2-9-22-17(10-15)11-18(24(33)31-22)14-32(13-16-3-6-20(27)7-4-16)36(34,35)23-12-19(25(28,29)30)5-8-21(23)26/h2-12H,13-14H2,1H3,(H,31,33). The molecule has 11 heteroatoms. The molecular weight excluding hydrogens is 520 g/mol. The fourth-order valence-electron chi connectivity index (χ4n) is 3.71. The third-order valence-electron chi connectivity index (χ3n) is 5.57. The van der Waals surface area contributed by atoms with Crippen LogP contribution in [0, 0.1) is 12.7 Å². The zero-order valence-electron chi connectivity index (χ0n) is 18.7. The molecule has 0 bridgehead atoms. The summed E-state index contributed by atoms with van der Waals surface area (Å²) in [5, 5.41) is 0.246. The number of nitrogens with one attached hydrogen (secondary N) is 1. The minimum Gasteiger partial charge on any atom is -0.322 e. The van der Waals surface area contributed by atoms with Gasteiger partial charge in [-0.15, -0.1) is 0 Å². The number of rotatable bonds is 6. The van der Waals surface area contributed by atoms with Crippen molar-refractivity contribution in [2.75, 3.05) is 0 Å². The molecule has 4 aromatic rings. The topological polar surface area (TPSA) is 70.2 Å². The molecule has 1 heterocycles. The van der Waals surface area contributed by atoms with E-state index in [2.05, 4.69) is 4.98 Å². The Morgan fingerprint density at radius 2 is 1.64 bits per heavy atom. The first kappa shape index (κ1) is 25.9. The van der Waals surface area contributed by atoms with Gasteiger partial charge in [-0.05, 0) is 66.4 Å². The van der Waals surface area contributed by atoms with Gasteiger partial charge < -0.3 is 4.98 Å². The largest absolute Gasteiger partial charge is 0.416 e. The molecule has 0 unspecified atom stereocenters. The summed E-state index contributed by atoms with van der Waals surface area (Å²) >= 11 is 6.04. The van der Waals surface area contributed by atoms with E-state index in [-0.39, 0.29) is 12.1 Å². The SMILES string of the molecule is Cc1ccc2[nH]c(=O)c(CN(Cc3ccc(F)cc3)S(=O)(=O)c3cc(C(F)(F)F)ccc3Cl)cc2c1. The number of pyridine rings is 1. The molecule has 3 aromatic carbocycles. The van der Waals surface area contributed by atoms with Gasteiger partial charge in [-0.3, -0.25) is 4.79 Å². The maximum Gasteiger partial charge on any atom is 0.416 e. The number of aryl methyl sites for hydroxylation is 1. The molecule has 5 nitrogen and oxygen atoms in total. The Labute approximate surface area is 209 Å². The number of H-pyrrole nitrogens is 1. The predicted octanol–water partition coefficient (Wildman–Crippen LogP) is 6.04. The summed E-state index contributed by atoms with van der Waals surface area (Å²) < 4.78 is 81.5. The van der Waals surface area contributed by atoms with Gasteiger partial charge in [0.1, 0.15) is 10.7 Å². The van der Waals surface area contributed by atoms with Gasteiger partial charge >= 0.3 is 6.18 Å². The number of alkyl halides is 3. The summed E-state index contributed by atoms with van der Waals surface area (Å²) in [6.07, 6.45) is -4.80. The van der Waals surface area contributed by atoms with Crippen LogP contribution >= 0.6 is 11.6 Å². The van der Waals surface area contributed by atoms with Crippen LogP contribution in [0.15, 0.2) is 76.4 Å². The zero-order chi connectivity index (χ0) is 26.3. The maximum atomic E-state index is 13.6. The second-order valence-electron chi connectivity index (χ2n) is 8.26. The van der Waals surface area contributed by atoms with Crippen molar-refractivity contribution < 1.29 is 26.0 Å². The zero-order valence-corrected chi connectivity index (χ0v) is 20.3. The van der Waals surface area contributed by atoms with Crippen LogP contribution in [0.25, 0.3) is 10.9 Å². The van der Waals surface area contributed by atoms with Gasteiger partial charge in [0.2, 0.25) is 10.0 Å². The number of aromatic nitrogens is 1. The van der Waals surface area contributed by atoms with Crippen LogP contribution in [0.1, 0.15) is 22.3 Å². The first-order chi connectivity index (χ1) is 16.8. The minimum atomic E-state index is -4.80. The quantitative estimate of drug-likeness (QED) is 0.304. The molecule has 4 rings (SSSR count). The third-order valence-corrected chi connectivity index (χ3v) is 7.85. The highest BCUT2D eigenvalue weighted by Crippen LogP contribution is 2.35. The van der Waals surface area contributed by atoms with E-state index in [0.717, 1.165) is 28.1 Å². The molecule has 188 valence electrons. The first-order valence-electron chi connectivity index (χ1n) is 10.6. The van der Waals surface area contributed by atoms with E-state index >= 15 is 0 Å². The lowest BCUT2D eigenvalue weighted by Crippen LogP contribution is -2.33. The number of nitrogens with zero attached hydrogens (tertiary/aromatic N) is 1. The van der Waals surface area contributed by atoms with E-state index in [0.29, 0.717) is 28.6 Å². The average Bonchev–Trinajstić information content (AvgIpc) is 2.80. The van der Waals surface area contributed by atoms with Gasteiger partial charge in [0, 0.05) is 24.2 Å². The monoisotopic (exact) mass is 538 g/mol. The Morgan fingerprint density at radius 1 is 0.944 bits per heavy atom. The molecule has 36 heavy (non-hydrogen) atoms. The molecule has 1 aromatic heterocycles. The number of halogens is 5. The lowest BCUT2D eigenvalue weighted by molar-refractivity contribution is -0.137. The summed E-state index contributed by atoms with van der Waals surface area (Å²) in [4.78, 5) is 14.7. The first-order valence-corrected chi connectivity index (χ1v) is 12.4. The van der Waals surface area contributed by atoms with Crippen molar-refractivity contribution in [1.29, 1.82) is 0 Å². The van der Waals surface area contributed by atoms with E-state index in [1.54, 1.807) is 18.2 Å². The van der Waals surface area contributed by atoms with Crippen molar-refractivity contribution in [3.05, 3.63) is 110 Å². The van der Waals surface area contributed by atoms with Crippen LogP contribution in [0.4, 0.5) is 17.6 Å². The van der Waals surface area contributed by atoms with Crippen LogP contribution in [0.2, 0.25) is 5.02 Å². The van der Waals surface area contributed by atoms with E-state index in [9.17, 15) is 30.8 Å². The number of hydrogen-bond acceptors (Lipinski definition) is 3. The van der Waals surface area contributed by atoms with Gasteiger partial charge in [0.25, 0.3) is 5.56 Å². The van der Waals surface area contributed by atoms with Crippen molar-refractivity contribution in [3.8, 4) is 0 Å². The molecule has 0 fully saturated rings. The van der Waals surface area contributed by atoms with Crippen LogP contribution in [-0.4, -0.2) is 17.7 Å². The van der Waals surface area contributed by atoms with Crippen molar-refractivity contribution in [3.63, 3.8) is 0 Å². The number of benzene rings is 3. The van der Waals surface area contributed by atoms with Gasteiger partial charge in [-0.1, -0.05) is 35.4 Å². The lowest BCUT2D eigenvalue weighted by Gasteiger charge is -2.23. The molecule has 0 spiro atoms. The summed E-state index contributed by atoms with van der Waals surface area (Å²) in [5.74, 6) is -0.546. The molecule has 0 aliphatic rings. The highest BCUT2D eigenvalue weighted by atomic mass is 35.5.